The number of carbonyl (C=O) groups is 2. The Kier molecular flexibility index (Phi) is 7.26. The molecule has 3 N–H and O–H groups in total. The van der Waals surface area contributed by atoms with Gasteiger partial charge in [-0.15, -0.1) is 12.4 Å². The normalized spacial score (nSPS) is 24.7. The summed E-state index contributed by atoms with van der Waals surface area (Å²) in [4.78, 5) is 24.6. The molecule has 1 heterocycles. The van der Waals surface area contributed by atoms with E-state index in [1.807, 2.05) is 30.3 Å². The Morgan fingerprint density at radius 2 is 1.96 bits per heavy atom. The summed E-state index contributed by atoms with van der Waals surface area (Å²) in [5, 5.41) is 9.28. The fourth-order valence-corrected chi connectivity index (χ4v) is 4.04. The smallest absolute Gasteiger partial charge is 0.227 e. The third kappa shape index (κ3) is 4.73. The minimum atomic E-state index is -0.237. The molecule has 2 fully saturated rings. The van der Waals surface area contributed by atoms with E-state index in [1.54, 1.807) is 0 Å². The SMILES string of the molecule is Cl.O=C(CCNC(=O)[C@@]12CCCC[C@H]1CNC2)NCc1ccccc1. The quantitative estimate of drug-likeness (QED) is 0.722. The van der Waals surface area contributed by atoms with E-state index in [9.17, 15) is 9.59 Å². The summed E-state index contributed by atoms with van der Waals surface area (Å²) in [5.41, 5.74) is 0.842. The van der Waals surface area contributed by atoms with Crippen LogP contribution in [0, 0.1) is 11.3 Å². The van der Waals surface area contributed by atoms with Crippen LogP contribution in [0.2, 0.25) is 0 Å². The molecule has 1 aliphatic heterocycles. The topological polar surface area (TPSA) is 70.2 Å². The maximum Gasteiger partial charge on any atom is 0.227 e. The molecule has 1 saturated heterocycles. The van der Waals surface area contributed by atoms with E-state index in [2.05, 4.69) is 16.0 Å². The van der Waals surface area contributed by atoms with Gasteiger partial charge in [0.15, 0.2) is 0 Å². The molecule has 0 radical (unpaired) electrons. The molecule has 0 spiro atoms. The number of halogens is 1. The van der Waals surface area contributed by atoms with Gasteiger partial charge in [-0.25, -0.2) is 0 Å². The molecule has 5 nitrogen and oxygen atoms in total. The second-order valence-electron chi connectivity index (χ2n) is 7.00. The molecule has 2 atom stereocenters. The first kappa shape index (κ1) is 19.7. The van der Waals surface area contributed by atoms with Gasteiger partial charge >= 0.3 is 0 Å². The highest BCUT2D eigenvalue weighted by Gasteiger charge is 2.49. The fraction of sp³-hybridized carbons (Fsp3) is 0.579. The molecule has 1 aliphatic carbocycles. The lowest BCUT2D eigenvalue weighted by Gasteiger charge is -2.37. The Morgan fingerprint density at radius 3 is 2.76 bits per heavy atom. The van der Waals surface area contributed by atoms with Crippen LogP contribution in [0.1, 0.15) is 37.7 Å². The summed E-state index contributed by atoms with van der Waals surface area (Å²) >= 11 is 0. The lowest BCUT2D eigenvalue weighted by atomic mass is 9.67. The van der Waals surface area contributed by atoms with Gasteiger partial charge in [-0.1, -0.05) is 43.2 Å². The first-order valence-corrected chi connectivity index (χ1v) is 9.00. The van der Waals surface area contributed by atoms with Gasteiger partial charge in [-0.3, -0.25) is 9.59 Å². The number of hydrogen-bond acceptors (Lipinski definition) is 3. The van der Waals surface area contributed by atoms with Crippen LogP contribution < -0.4 is 16.0 Å². The number of carbonyl (C=O) groups excluding carboxylic acids is 2. The molecular formula is C19H28ClN3O2. The van der Waals surface area contributed by atoms with Gasteiger partial charge in [-0.05, 0) is 30.9 Å². The summed E-state index contributed by atoms with van der Waals surface area (Å²) in [6, 6.07) is 9.83. The van der Waals surface area contributed by atoms with Crippen LogP contribution in [-0.2, 0) is 16.1 Å². The summed E-state index contributed by atoms with van der Waals surface area (Å²) in [5.74, 6) is 0.563. The third-order valence-electron chi connectivity index (χ3n) is 5.46. The van der Waals surface area contributed by atoms with Crippen LogP contribution in [0.4, 0.5) is 0 Å². The minimum Gasteiger partial charge on any atom is -0.355 e. The van der Waals surface area contributed by atoms with E-state index >= 15 is 0 Å². The van der Waals surface area contributed by atoms with Crippen molar-refractivity contribution < 1.29 is 9.59 Å². The van der Waals surface area contributed by atoms with Crippen molar-refractivity contribution in [3.05, 3.63) is 35.9 Å². The minimum absolute atomic E-state index is 0. The molecule has 1 aromatic rings. The Balaban J connectivity index is 0.00000225. The zero-order chi connectivity index (χ0) is 16.8. The van der Waals surface area contributed by atoms with E-state index < -0.39 is 0 Å². The van der Waals surface area contributed by atoms with Gasteiger partial charge in [0.2, 0.25) is 11.8 Å². The van der Waals surface area contributed by atoms with Crippen molar-refractivity contribution in [2.24, 2.45) is 11.3 Å². The summed E-state index contributed by atoms with van der Waals surface area (Å²) in [6.45, 7) is 2.67. The number of amides is 2. The van der Waals surface area contributed by atoms with Crippen LogP contribution in [0.15, 0.2) is 30.3 Å². The van der Waals surface area contributed by atoms with E-state index in [0.29, 0.717) is 25.4 Å². The second-order valence-corrected chi connectivity index (χ2v) is 7.00. The molecule has 25 heavy (non-hydrogen) atoms. The highest BCUT2D eigenvalue weighted by molar-refractivity contribution is 5.85. The van der Waals surface area contributed by atoms with Crippen LogP contribution in [0.5, 0.6) is 0 Å². The van der Waals surface area contributed by atoms with Crippen molar-refractivity contribution >= 4 is 24.2 Å². The van der Waals surface area contributed by atoms with E-state index in [0.717, 1.165) is 37.9 Å². The molecule has 138 valence electrons. The predicted octanol–water partition coefficient (Wildman–Crippen LogP) is 2.01. The van der Waals surface area contributed by atoms with Crippen LogP contribution in [-0.4, -0.2) is 31.4 Å². The van der Waals surface area contributed by atoms with Gasteiger partial charge in [0.1, 0.15) is 0 Å². The van der Waals surface area contributed by atoms with Crippen LogP contribution >= 0.6 is 12.4 Å². The lowest BCUT2D eigenvalue weighted by Crippen LogP contribution is -2.48. The number of hydrogen-bond donors (Lipinski definition) is 3. The van der Waals surface area contributed by atoms with Gasteiger partial charge < -0.3 is 16.0 Å². The number of benzene rings is 1. The Labute approximate surface area is 155 Å². The highest BCUT2D eigenvalue weighted by Crippen LogP contribution is 2.43. The Hall–Kier alpha value is -1.59. The molecule has 1 aromatic carbocycles. The number of rotatable bonds is 6. The third-order valence-corrected chi connectivity index (χ3v) is 5.46. The predicted molar refractivity (Wildman–Crippen MR) is 100 cm³/mol. The molecule has 0 aromatic heterocycles. The molecule has 0 unspecified atom stereocenters. The Morgan fingerprint density at radius 1 is 1.16 bits per heavy atom. The van der Waals surface area contributed by atoms with Gasteiger partial charge in [0.05, 0.1) is 5.41 Å². The zero-order valence-corrected chi connectivity index (χ0v) is 15.4. The van der Waals surface area contributed by atoms with E-state index in [-0.39, 0.29) is 29.6 Å². The first-order chi connectivity index (χ1) is 11.7. The Bertz CT molecular complexity index is 581. The lowest BCUT2D eigenvalue weighted by molar-refractivity contribution is -0.134. The standard InChI is InChI=1S/C19H27N3O2.ClH/c23-17(22-12-15-6-2-1-3-7-15)9-11-21-18(24)19-10-5-4-8-16(19)13-20-14-19;/h1-3,6-7,16,20H,4-5,8-14H2,(H,21,24)(H,22,23);1H/t16-,19+;/m0./s1. The maximum absolute atomic E-state index is 12.7. The van der Waals surface area contributed by atoms with Crippen molar-refractivity contribution in [2.45, 2.75) is 38.6 Å². The molecule has 3 rings (SSSR count). The van der Waals surface area contributed by atoms with Gasteiger partial charge in [0.25, 0.3) is 0 Å². The summed E-state index contributed by atoms with van der Waals surface area (Å²) < 4.78 is 0. The van der Waals surface area contributed by atoms with Crippen molar-refractivity contribution in [1.29, 1.82) is 0 Å². The first-order valence-electron chi connectivity index (χ1n) is 9.00. The molecule has 2 aliphatic rings. The fourth-order valence-electron chi connectivity index (χ4n) is 4.04. The molecular weight excluding hydrogens is 338 g/mol. The van der Waals surface area contributed by atoms with Crippen molar-refractivity contribution in [3.63, 3.8) is 0 Å². The maximum atomic E-state index is 12.7. The van der Waals surface area contributed by atoms with Crippen molar-refractivity contribution in [2.75, 3.05) is 19.6 Å². The zero-order valence-electron chi connectivity index (χ0n) is 14.6. The van der Waals surface area contributed by atoms with E-state index in [4.69, 9.17) is 0 Å². The average Bonchev–Trinajstić information content (AvgIpc) is 3.06. The number of fused-ring (bicyclic) bond motifs is 1. The second kappa shape index (κ2) is 9.20. The van der Waals surface area contributed by atoms with Gasteiger partial charge in [-0.2, -0.15) is 0 Å². The summed E-state index contributed by atoms with van der Waals surface area (Å²) in [6.07, 6.45) is 4.79. The largest absolute Gasteiger partial charge is 0.355 e. The molecule has 2 amide bonds. The van der Waals surface area contributed by atoms with Crippen molar-refractivity contribution in [3.8, 4) is 0 Å². The van der Waals surface area contributed by atoms with Crippen molar-refractivity contribution in [1.82, 2.24) is 16.0 Å². The molecule has 6 heteroatoms. The molecule has 0 bridgehead atoms. The van der Waals surface area contributed by atoms with E-state index in [1.165, 1.54) is 6.42 Å². The number of nitrogens with one attached hydrogen (secondary N) is 3. The van der Waals surface area contributed by atoms with Crippen LogP contribution in [0.3, 0.4) is 0 Å². The highest BCUT2D eigenvalue weighted by atomic mass is 35.5. The van der Waals surface area contributed by atoms with Crippen LogP contribution in [0.25, 0.3) is 0 Å². The molecule has 1 saturated carbocycles. The average molecular weight is 366 g/mol. The summed E-state index contributed by atoms with van der Waals surface area (Å²) in [7, 11) is 0. The van der Waals surface area contributed by atoms with Gasteiger partial charge in [0, 0.05) is 26.1 Å². The monoisotopic (exact) mass is 365 g/mol.